The van der Waals surface area contributed by atoms with Crippen LogP contribution in [0.4, 0.5) is 0 Å². The Morgan fingerprint density at radius 1 is 1.73 bits per heavy atom. The Balaban J connectivity index is 2.72. The maximum atomic E-state index is 5.74. The second-order valence-electron chi connectivity index (χ2n) is 2.20. The zero-order chi connectivity index (χ0) is 8.27. The molecule has 0 aromatic rings. The minimum atomic E-state index is 0.336. The highest BCUT2D eigenvalue weighted by atomic mass is 35.5. The summed E-state index contributed by atoms with van der Waals surface area (Å²) in [7, 11) is 0. The third-order valence-corrected chi connectivity index (χ3v) is 2.08. The zero-order valence-corrected chi connectivity index (χ0v) is 7.41. The van der Waals surface area contributed by atoms with Gasteiger partial charge in [0.05, 0.1) is 6.61 Å². The van der Waals surface area contributed by atoms with Gasteiger partial charge in [-0.15, -0.1) is 0 Å². The Kier molecular flexibility index (Phi) is 3.20. The number of hydrogen-bond acceptors (Lipinski definition) is 3. The molecule has 60 valence electrons. The summed E-state index contributed by atoms with van der Waals surface area (Å²) in [6.07, 6.45) is 4.35. The quantitative estimate of drug-likeness (QED) is 0.531. The van der Waals surface area contributed by atoms with Gasteiger partial charge in [-0.3, -0.25) is 4.84 Å². The van der Waals surface area contributed by atoms with E-state index < -0.39 is 0 Å². The fourth-order valence-corrected chi connectivity index (χ4v) is 1.25. The number of thiocarbonyl (C=S) groups is 1. The molecule has 0 unspecified atom stereocenters. The van der Waals surface area contributed by atoms with Crippen LogP contribution in [-0.4, -0.2) is 11.5 Å². The van der Waals surface area contributed by atoms with E-state index >= 15 is 0 Å². The van der Waals surface area contributed by atoms with Crippen LogP contribution in [0, 0.1) is 0 Å². The average molecular weight is 190 g/mol. The Morgan fingerprint density at radius 2 is 2.45 bits per heavy atom. The van der Waals surface area contributed by atoms with Crippen LogP contribution in [0.2, 0.25) is 0 Å². The molecule has 0 saturated carbocycles. The fourth-order valence-electron chi connectivity index (χ4n) is 0.839. The molecular formula is C7H8ClNOS. The van der Waals surface area contributed by atoms with Gasteiger partial charge in [-0.1, -0.05) is 29.9 Å². The van der Waals surface area contributed by atoms with Crippen molar-refractivity contribution >= 4 is 28.7 Å². The standard InChI is InChI=1S/C7H8ClNOS/c8-6-1-2-7(11)5(3-6)4-10-9/h1,3H,2,4,9H2. The number of allylic oxidation sites excluding steroid dienone is 3. The molecule has 2 N–H and O–H groups in total. The summed E-state index contributed by atoms with van der Waals surface area (Å²) in [4.78, 5) is 5.31. The van der Waals surface area contributed by atoms with Crippen molar-refractivity contribution in [3.05, 3.63) is 22.8 Å². The predicted octanol–water partition coefficient (Wildman–Crippen LogP) is 1.70. The van der Waals surface area contributed by atoms with Crippen molar-refractivity contribution in [2.75, 3.05) is 6.61 Å². The second kappa shape index (κ2) is 3.97. The highest BCUT2D eigenvalue weighted by molar-refractivity contribution is 7.80. The molecule has 4 heteroatoms. The van der Waals surface area contributed by atoms with E-state index in [1.165, 1.54) is 0 Å². The molecule has 0 bridgehead atoms. The second-order valence-corrected chi connectivity index (χ2v) is 3.13. The zero-order valence-electron chi connectivity index (χ0n) is 5.84. The van der Waals surface area contributed by atoms with Gasteiger partial charge in [0.1, 0.15) is 0 Å². The number of hydrogen-bond donors (Lipinski definition) is 1. The maximum Gasteiger partial charge on any atom is 0.0941 e. The van der Waals surface area contributed by atoms with Gasteiger partial charge in [-0.25, -0.2) is 5.90 Å². The van der Waals surface area contributed by atoms with Crippen molar-refractivity contribution in [2.24, 2.45) is 5.90 Å². The third-order valence-electron chi connectivity index (χ3n) is 1.39. The largest absolute Gasteiger partial charge is 0.300 e. The molecule has 0 heterocycles. The van der Waals surface area contributed by atoms with Crippen molar-refractivity contribution in [1.29, 1.82) is 0 Å². The summed E-state index contributed by atoms with van der Waals surface area (Å²) < 4.78 is 0. The van der Waals surface area contributed by atoms with E-state index in [9.17, 15) is 0 Å². The molecule has 0 saturated heterocycles. The molecule has 0 fully saturated rings. The van der Waals surface area contributed by atoms with Crippen LogP contribution >= 0.6 is 23.8 Å². The first kappa shape index (κ1) is 8.87. The van der Waals surface area contributed by atoms with E-state index in [1.54, 1.807) is 6.08 Å². The van der Waals surface area contributed by atoms with E-state index in [0.29, 0.717) is 18.1 Å². The van der Waals surface area contributed by atoms with Gasteiger partial charge in [0, 0.05) is 16.3 Å². The lowest BCUT2D eigenvalue weighted by Gasteiger charge is -2.10. The molecule has 0 aromatic carbocycles. The van der Waals surface area contributed by atoms with Crippen LogP contribution in [0.15, 0.2) is 22.8 Å². The van der Waals surface area contributed by atoms with E-state index in [4.69, 9.17) is 29.7 Å². The molecule has 2 nitrogen and oxygen atoms in total. The van der Waals surface area contributed by atoms with Crippen LogP contribution < -0.4 is 5.90 Å². The van der Waals surface area contributed by atoms with Gasteiger partial charge < -0.3 is 0 Å². The van der Waals surface area contributed by atoms with Crippen LogP contribution in [0.3, 0.4) is 0 Å². The molecule has 1 aliphatic rings. The Hall–Kier alpha value is -0.220. The maximum absolute atomic E-state index is 5.74. The van der Waals surface area contributed by atoms with E-state index in [0.717, 1.165) is 10.4 Å². The van der Waals surface area contributed by atoms with Crippen molar-refractivity contribution in [3.63, 3.8) is 0 Å². The minimum Gasteiger partial charge on any atom is -0.300 e. The fraction of sp³-hybridized carbons (Fsp3) is 0.286. The molecule has 11 heavy (non-hydrogen) atoms. The average Bonchev–Trinajstić information content (AvgIpc) is 1.98. The SMILES string of the molecule is NOCC1=CC(Cl)=CCC1=S. The normalized spacial score (nSPS) is 17.8. The molecule has 0 atom stereocenters. The predicted molar refractivity (Wildman–Crippen MR) is 49.4 cm³/mol. The van der Waals surface area contributed by atoms with Gasteiger partial charge in [-0.2, -0.15) is 0 Å². The molecular weight excluding hydrogens is 182 g/mol. The summed E-state index contributed by atoms with van der Waals surface area (Å²) in [5, 5.41) is 0.700. The summed E-state index contributed by atoms with van der Waals surface area (Å²) in [6.45, 7) is 0.336. The first-order chi connectivity index (χ1) is 5.24. The molecule has 0 radical (unpaired) electrons. The number of rotatable bonds is 2. The summed E-state index contributed by atoms with van der Waals surface area (Å²) in [5.41, 5.74) is 0.898. The monoisotopic (exact) mass is 189 g/mol. The molecule has 1 aliphatic carbocycles. The van der Waals surface area contributed by atoms with Crippen LogP contribution in [0.25, 0.3) is 0 Å². The van der Waals surface area contributed by atoms with E-state index in [2.05, 4.69) is 4.84 Å². The third kappa shape index (κ3) is 2.38. The minimum absolute atomic E-state index is 0.336. The number of halogens is 1. The Labute approximate surface area is 75.6 Å². The van der Waals surface area contributed by atoms with Crippen molar-refractivity contribution < 1.29 is 4.84 Å². The van der Waals surface area contributed by atoms with Crippen LogP contribution in [0.5, 0.6) is 0 Å². The Morgan fingerprint density at radius 3 is 3.09 bits per heavy atom. The highest BCUT2D eigenvalue weighted by Gasteiger charge is 2.08. The first-order valence-corrected chi connectivity index (χ1v) is 3.94. The molecule has 0 aromatic heterocycles. The van der Waals surface area contributed by atoms with Gasteiger partial charge in [0.2, 0.25) is 0 Å². The van der Waals surface area contributed by atoms with Gasteiger partial charge in [-0.05, 0) is 11.6 Å². The van der Waals surface area contributed by atoms with Crippen molar-refractivity contribution in [1.82, 2.24) is 0 Å². The van der Waals surface area contributed by atoms with Gasteiger partial charge >= 0.3 is 0 Å². The lowest BCUT2D eigenvalue weighted by atomic mass is 10.1. The van der Waals surface area contributed by atoms with Crippen LogP contribution in [-0.2, 0) is 4.84 Å². The molecule has 0 spiro atoms. The number of nitrogens with two attached hydrogens (primary N) is 1. The lowest BCUT2D eigenvalue weighted by Crippen LogP contribution is -2.12. The summed E-state index contributed by atoms with van der Waals surface area (Å²) in [6, 6.07) is 0. The van der Waals surface area contributed by atoms with E-state index in [1.807, 2.05) is 6.08 Å². The van der Waals surface area contributed by atoms with Gasteiger partial charge in [0.15, 0.2) is 0 Å². The first-order valence-electron chi connectivity index (χ1n) is 3.15. The van der Waals surface area contributed by atoms with Crippen molar-refractivity contribution in [3.8, 4) is 0 Å². The highest BCUT2D eigenvalue weighted by Crippen LogP contribution is 2.17. The molecule has 1 rings (SSSR count). The summed E-state index contributed by atoms with van der Waals surface area (Å²) in [5.74, 6) is 4.90. The van der Waals surface area contributed by atoms with E-state index in [-0.39, 0.29) is 0 Å². The van der Waals surface area contributed by atoms with Crippen LogP contribution in [0.1, 0.15) is 6.42 Å². The van der Waals surface area contributed by atoms with Gasteiger partial charge in [0.25, 0.3) is 0 Å². The van der Waals surface area contributed by atoms with Crippen molar-refractivity contribution in [2.45, 2.75) is 6.42 Å². The lowest BCUT2D eigenvalue weighted by molar-refractivity contribution is 0.164. The topological polar surface area (TPSA) is 35.2 Å². The summed E-state index contributed by atoms with van der Waals surface area (Å²) >= 11 is 10.8. The molecule has 0 aliphatic heterocycles. The Bertz CT molecular complexity index is 235. The molecule has 0 amide bonds. The smallest absolute Gasteiger partial charge is 0.0941 e.